The molecule has 0 atom stereocenters. The molecule has 0 aliphatic heterocycles. The molecular formula is C21H22BNO3. The molecule has 4 nitrogen and oxygen atoms in total. The van der Waals surface area contributed by atoms with E-state index >= 15 is 0 Å². The van der Waals surface area contributed by atoms with E-state index in [1.165, 1.54) is 0 Å². The van der Waals surface area contributed by atoms with Gasteiger partial charge in [0, 0.05) is 22.4 Å². The molecule has 2 heterocycles. The summed E-state index contributed by atoms with van der Waals surface area (Å²) in [6.45, 7) is 7.33. The maximum Gasteiger partial charge on any atom is 0.310 e. The molecule has 1 N–H and O–H groups in total. The van der Waals surface area contributed by atoms with Crippen LogP contribution in [0.2, 0.25) is 0 Å². The summed E-state index contributed by atoms with van der Waals surface area (Å²) in [6.07, 6.45) is 1.79. The molecule has 0 saturated carbocycles. The number of hydrogen-bond acceptors (Lipinski definition) is 4. The fourth-order valence-corrected chi connectivity index (χ4v) is 3.06. The van der Waals surface area contributed by atoms with Crippen molar-refractivity contribution < 1.29 is 14.2 Å². The molecule has 0 fully saturated rings. The van der Waals surface area contributed by atoms with Gasteiger partial charge in [0.05, 0.1) is 16.7 Å². The van der Waals surface area contributed by atoms with Gasteiger partial charge in [-0.3, -0.25) is 4.98 Å². The van der Waals surface area contributed by atoms with Crippen LogP contribution in [0.3, 0.4) is 0 Å². The highest BCUT2D eigenvalue weighted by molar-refractivity contribution is 6.53. The van der Waals surface area contributed by atoms with E-state index < -0.39 is 11.2 Å². The molecule has 0 aliphatic rings. The number of fused-ring (bicyclic) bond motifs is 5. The normalized spacial score (nSPS) is 13.0. The molecule has 0 amide bonds. The summed E-state index contributed by atoms with van der Waals surface area (Å²) in [6, 6.07) is 14.0. The largest absolute Gasteiger partial charge is 0.455 e. The second-order valence-corrected chi connectivity index (χ2v) is 7.76. The van der Waals surface area contributed by atoms with Crippen molar-refractivity contribution in [1.82, 2.24) is 4.98 Å². The number of rotatable bonds is 4. The lowest BCUT2D eigenvalue weighted by molar-refractivity contribution is -0.0893. The van der Waals surface area contributed by atoms with Gasteiger partial charge in [-0.1, -0.05) is 12.1 Å². The molecule has 2 aromatic heterocycles. The Balaban J connectivity index is 1.85. The van der Waals surface area contributed by atoms with E-state index in [2.05, 4.69) is 11.1 Å². The molecule has 4 rings (SSSR count). The predicted octanol–water partition coefficient (Wildman–Crippen LogP) is 3.68. The third kappa shape index (κ3) is 2.68. The first-order valence-electron chi connectivity index (χ1n) is 8.82. The summed E-state index contributed by atoms with van der Waals surface area (Å²) in [5.74, 6) is 0. The van der Waals surface area contributed by atoms with Crippen LogP contribution in [0.15, 0.2) is 53.1 Å². The lowest BCUT2D eigenvalue weighted by Gasteiger charge is -2.37. The molecule has 4 aromatic rings. The number of hydrogen-bond donors (Lipinski definition) is 1. The standard InChI is InChI=1S/C21H22BNO3/c1-20(2,24)21(3,4)26-22-15-8-5-9-17-18(15)14-10-11-16-13(19(14)25-17)7-6-12-23-16/h5-12,22,24H,1-4H3. The summed E-state index contributed by atoms with van der Waals surface area (Å²) in [4.78, 5) is 4.41. The van der Waals surface area contributed by atoms with Crippen LogP contribution in [0.1, 0.15) is 27.7 Å². The second-order valence-electron chi connectivity index (χ2n) is 7.76. The number of benzene rings is 2. The third-order valence-electron chi connectivity index (χ3n) is 5.39. The molecule has 0 saturated heterocycles. The SMILES string of the molecule is CC(C)(O)C(C)(C)OBc1cccc2oc3c4cccnc4ccc3c12. The molecule has 0 unspecified atom stereocenters. The molecule has 0 spiro atoms. The van der Waals surface area contributed by atoms with Crippen molar-refractivity contribution in [2.45, 2.75) is 38.9 Å². The van der Waals surface area contributed by atoms with Crippen LogP contribution in [-0.2, 0) is 4.65 Å². The first-order chi connectivity index (χ1) is 12.3. The number of aliphatic hydroxyl groups is 1. The van der Waals surface area contributed by atoms with Gasteiger partial charge in [0.2, 0.25) is 0 Å². The first kappa shape index (κ1) is 17.1. The first-order valence-corrected chi connectivity index (χ1v) is 8.82. The van der Waals surface area contributed by atoms with Gasteiger partial charge in [-0.05, 0) is 63.5 Å². The zero-order chi connectivity index (χ0) is 18.5. The summed E-state index contributed by atoms with van der Waals surface area (Å²) >= 11 is 0. The number of furan rings is 1. The fraction of sp³-hybridized carbons (Fsp3) is 0.286. The van der Waals surface area contributed by atoms with E-state index in [1.54, 1.807) is 20.0 Å². The van der Waals surface area contributed by atoms with Gasteiger partial charge < -0.3 is 14.2 Å². The Morgan fingerprint density at radius 2 is 1.81 bits per heavy atom. The van der Waals surface area contributed by atoms with Crippen LogP contribution < -0.4 is 5.46 Å². The number of nitrogens with zero attached hydrogens (tertiary/aromatic N) is 1. The van der Waals surface area contributed by atoms with Crippen LogP contribution in [0.25, 0.3) is 32.8 Å². The van der Waals surface area contributed by atoms with Crippen LogP contribution >= 0.6 is 0 Å². The molecule has 0 radical (unpaired) electrons. The Hall–Kier alpha value is -2.37. The fourth-order valence-electron chi connectivity index (χ4n) is 3.06. The van der Waals surface area contributed by atoms with E-state index in [4.69, 9.17) is 9.07 Å². The Morgan fingerprint density at radius 1 is 1.00 bits per heavy atom. The summed E-state index contributed by atoms with van der Waals surface area (Å²) in [7, 11) is 0.397. The quantitative estimate of drug-likeness (QED) is 0.572. The molecule has 2 aromatic carbocycles. The van der Waals surface area contributed by atoms with Gasteiger partial charge in [-0.25, -0.2) is 0 Å². The van der Waals surface area contributed by atoms with Gasteiger partial charge in [-0.2, -0.15) is 0 Å². The van der Waals surface area contributed by atoms with Crippen molar-refractivity contribution in [2.24, 2.45) is 0 Å². The van der Waals surface area contributed by atoms with E-state index in [0.29, 0.717) is 7.48 Å². The van der Waals surface area contributed by atoms with Crippen molar-refractivity contribution in [3.05, 3.63) is 48.7 Å². The highest BCUT2D eigenvalue weighted by Gasteiger charge is 2.35. The van der Waals surface area contributed by atoms with E-state index in [1.807, 2.05) is 50.2 Å². The smallest absolute Gasteiger partial charge is 0.310 e. The number of pyridine rings is 1. The topological polar surface area (TPSA) is 55.5 Å². The van der Waals surface area contributed by atoms with Gasteiger partial charge in [0.25, 0.3) is 0 Å². The van der Waals surface area contributed by atoms with Crippen molar-refractivity contribution >= 4 is 45.8 Å². The highest BCUT2D eigenvalue weighted by Crippen LogP contribution is 2.32. The third-order valence-corrected chi connectivity index (χ3v) is 5.39. The van der Waals surface area contributed by atoms with Crippen LogP contribution in [0.5, 0.6) is 0 Å². The molecular weight excluding hydrogens is 325 g/mol. The minimum absolute atomic E-state index is 0.397. The molecule has 5 heteroatoms. The second kappa shape index (κ2) is 5.83. The molecule has 0 aliphatic carbocycles. The summed E-state index contributed by atoms with van der Waals surface area (Å²) < 4.78 is 12.3. The average Bonchev–Trinajstić information content (AvgIpc) is 2.98. The van der Waals surface area contributed by atoms with Crippen LogP contribution in [0.4, 0.5) is 0 Å². The zero-order valence-corrected chi connectivity index (χ0v) is 15.5. The van der Waals surface area contributed by atoms with Crippen LogP contribution in [-0.4, -0.2) is 28.8 Å². The summed E-state index contributed by atoms with van der Waals surface area (Å²) in [5, 5.41) is 13.5. The minimum Gasteiger partial charge on any atom is -0.455 e. The van der Waals surface area contributed by atoms with Crippen molar-refractivity contribution in [3.8, 4) is 0 Å². The predicted molar refractivity (Wildman–Crippen MR) is 107 cm³/mol. The van der Waals surface area contributed by atoms with E-state index in [9.17, 15) is 5.11 Å². The Morgan fingerprint density at radius 3 is 2.58 bits per heavy atom. The van der Waals surface area contributed by atoms with E-state index in [-0.39, 0.29) is 0 Å². The van der Waals surface area contributed by atoms with Gasteiger partial charge >= 0.3 is 7.48 Å². The zero-order valence-electron chi connectivity index (χ0n) is 15.5. The van der Waals surface area contributed by atoms with Gasteiger partial charge in [0.1, 0.15) is 11.2 Å². The average molecular weight is 347 g/mol. The van der Waals surface area contributed by atoms with Crippen LogP contribution in [0, 0.1) is 0 Å². The van der Waals surface area contributed by atoms with Gasteiger partial charge in [0.15, 0.2) is 0 Å². The monoisotopic (exact) mass is 347 g/mol. The maximum absolute atomic E-state index is 10.3. The Bertz CT molecular complexity index is 1110. The lowest BCUT2D eigenvalue weighted by Crippen LogP contribution is -2.49. The van der Waals surface area contributed by atoms with Crippen molar-refractivity contribution in [3.63, 3.8) is 0 Å². The summed E-state index contributed by atoms with van der Waals surface area (Å²) in [5.41, 5.74) is 2.02. The number of aromatic nitrogens is 1. The highest BCUT2D eigenvalue weighted by atomic mass is 16.5. The maximum atomic E-state index is 10.3. The Kier molecular flexibility index (Phi) is 3.83. The van der Waals surface area contributed by atoms with Crippen molar-refractivity contribution in [2.75, 3.05) is 0 Å². The van der Waals surface area contributed by atoms with Gasteiger partial charge in [-0.15, -0.1) is 0 Å². The Labute approximate surface area is 153 Å². The lowest BCUT2D eigenvalue weighted by atomic mass is 9.80. The molecule has 132 valence electrons. The van der Waals surface area contributed by atoms with E-state index in [0.717, 1.165) is 38.3 Å². The molecule has 26 heavy (non-hydrogen) atoms. The molecule has 0 bridgehead atoms. The minimum atomic E-state index is -0.943. The van der Waals surface area contributed by atoms with Crippen molar-refractivity contribution in [1.29, 1.82) is 0 Å².